The van der Waals surface area contributed by atoms with Gasteiger partial charge < -0.3 is 9.97 Å². The lowest BCUT2D eigenvalue weighted by molar-refractivity contribution is 0.111. The van der Waals surface area contributed by atoms with E-state index in [0.29, 0.717) is 11.1 Å². The second kappa shape index (κ2) is 13.8. The number of carbonyl (C=O) groups excluding carboxylic acids is 2. The number of H-pyrrole nitrogens is 2. The Kier molecular flexibility index (Phi) is 9.26. The highest BCUT2D eigenvalue weighted by Crippen LogP contribution is 2.43. The number of fused-ring (bicyclic) bond motifs is 8. The number of aldehydes is 2. The molecule has 0 saturated carbocycles. The topological polar surface area (TPSA) is 91.5 Å². The molecule has 2 aromatic carbocycles. The Hall–Kier alpha value is -5.62. The molecule has 6 heteroatoms. The first kappa shape index (κ1) is 34.8. The number of aromatic amines is 2. The zero-order valence-electron chi connectivity index (χ0n) is 31.5. The molecule has 6 nitrogen and oxygen atoms in total. The number of hydrogen-bond acceptors (Lipinski definition) is 4. The molecule has 0 aliphatic carbocycles. The van der Waals surface area contributed by atoms with E-state index in [0.717, 1.165) is 128 Å². The quantitative estimate of drug-likeness (QED) is 0.159. The molecule has 0 amide bonds. The monoisotopic (exact) mass is 686 g/mol. The summed E-state index contributed by atoms with van der Waals surface area (Å²) in [5.41, 5.74) is 22.3. The van der Waals surface area contributed by atoms with Crippen molar-refractivity contribution in [3.05, 3.63) is 117 Å². The van der Waals surface area contributed by atoms with Gasteiger partial charge >= 0.3 is 0 Å². The molecular formula is C46H46N4O2. The van der Waals surface area contributed by atoms with Gasteiger partial charge in [0.1, 0.15) is 12.6 Å². The Bertz CT molecular complexity index is 2360. The van der Waals surface area contributed by atoms with Crippen molar-refractivity contribution in [1.82, 2.24) is 19.9 Å². The standard InChI is InChI=1S/C46H46N4O2/c1-9-33-25(5)43-41(31-17-13-15-29(19-31)23-51)44-27(7)35(11-3)39(49-44)22-40-36(12-4)28(8)46(50-40)42(32-18-14-16-30(20-32)24-52)45-26(6)34(10-2)38(48-45)21-37(33)47-43/h13-24,47,50H,9-12H2,1-8H3. The predicted molar refractivity (Wildman–Crippen MR) is 216 cm³/mol. The van der Waals surface area contributed by atoms with Gasteiger partial charge in [-0.3, -0.25) is 9.59 Å². The van der Waals surface area contributed by atoms with Gasteiger partial charge in [-0.05, 0) is 133 Å². The van der Waals surface area contributed by atoms with Crippen molar-refractivity contribution >= 4 is 56.9 Å². The van der Waals surface area contributed by atoms with E-state index >= 15 is 0 Å². The first-order valence-corrected chi connectivity index (χ1v) is 18.5. The van der Waals surface area contributed by atoms with Gasteiger partial charge in [-0.25, -0.2) is 9.97 Å². The summed E-state index contributed by atoms with van der Waals surface area (Å²) in [7, 11) is 0. The minimum absolute atomic E-state index is 0.625. The summed E-state index contributed by atoms with van der Waals surface area (Å²) in [6.45, 7) is 17.5. The Morgan fingerprint density at radius 3 is 1.31 bits per heavy atom. The number of allylic oxidation sites excluding steroid dienone is 4. The number of aryl methyl sites for hydroxylation is 4. The predicted octanol–water partition coefficient (Wildman–Crippen LogP) is 11.7. The summed E-state index contributed by atoms with van der Waals surface area (Å²) in [5, 5.41) is 0. The van der Waals surface area contributed by atoms with E-state index in [1.54, 1.807) is 0 Å². The lowest BCUT2D eigenvalue weighted by atomic mass is 9.94. The van der Waals surface area contributed by atoms with Crippen molar-refractivity contribution in [2.45, 2.75) is 81.1 Å². The van der Waals surface area contributed by atoms with E-state index in [2.05, 4.69) is 89.6 Å². The number of nitrogens with one attached hydrogen (secondary N) is 2. The summed E-state index contributed by atoms with van der Waals surface area (Å²) < 4.78 is 0. The fourth-order valence-corrected chi connectivity index (χ4v) is 8.41. The smallest absolute Gasteiger partial charge is 0.150 e. The Morgan fingerprint density at radius 2 is 0.962 bits per heavy atom. The molecule has 262 valence electrons. The number of rotatable bonds is 8. The summed E-state index contributed by atoms with van der Waals surface area (Å²) in [4.78, 5) is 42.7. The Morgan fingerprint density at radius 1 is 0.558 bits per heavy atom. The van der Waals surface area contributed by atoms with Gasteiger partial charge in [-0.1, -0.05) is 64.1 Å². The average molecular weight is 687 g/mol. The third-order valence-corrected chi connectivity index (χ3v) is 11.1. The molecule has 0 atom stereocenters. The first-order valence-electron chi connectivity index (χ1n) is 18.5. The summed E-state index contributed by atoms with van der Waals surface area (Å²) in [5.74, 6) is 0. The third kappa shape index (κ3) is 5.58. The van der Waals surface area contributed by atoms with Crippen LogP contribution in [0.1, 0.15) is 120 Å². The maximum atomic E-state index is 12.0. The molecule has 2 N–H and O–H groups in total. The number of benzene rings is 2. The van der Waals surface area contributed by atoms with Crippen LogP contribution in [0.3, 0.4) is 0 Å². The van der Waals surface area contributed by atoms with Crippen molar-refractivity contribution < 1.29 is 9.59 Å². The Labute approximate surface area is 305 Å². The van der Waals surface area contributed by atoms with Crippen molar-refractivity contribution in [2.75, 3.05) is 0 Å². The molecule has 7 rings (SSSR count). The summed E-state index contributed by atoms with van der Waals surface area (Å²) >= 11 is 0. The second-order valence-corrected chi connectivity index (χ2v) is 13.9. The zero-order valence-corrected chi connectivity index (χ0v) is 31.5. The van der Waals surface area contributed by atoms with Gasteiger partial charge in [0.25, 0.3) is 0 Å². The lowest BCUT2D eigenvalue weighted by Gasteiger charge is -2.09. The number of carbonyl (C=O) groups is 2. The van der Waals surface area contributed by atoms with Gasteiger partial charge in [-0.15, -0.1) is 0 Å². The first-order chi connectivity index (χ1) is 25.2. The Balaban J connectivity index is 1.77. The molecule has 52 heavy (non-hydrogen) atoms. The van der Waals surface area contributed by atoms with Crippen molar-refractivity contribution in [3.63, 3.8) is 0 Å². The minimum atomic E-state index is 0.625. The van der Waals surface area contributed by atoms with E-state index < -0.39 is 0 Å². The molecule has 3 aromatic heterocycles. The van der Waals surface area contributed by atoms with Crippen LogP contribution in [0, 0.1) is 13.8 Å². The van der Waals surface area contributed by atoms with Crippen molar-refractivity contribution in [3.8, 4) is 22.3 Å². The van der Waals surface area contributed by atoms with Crippen molar-refractivity contribution in [2.24, 2.45) is 0 Å². The normalized spacial score (nSPS) is 12.9. The van der Waals surface area contributed by atoms with Crippen LogP contribution in [0.4, 0.5) is 0 Å². The molecule has 0 saturated heterocycles. The third-order valence-electron chi connectivity index (χ3n) is 11.1. The van der Waals surface area contributed by atoms with Crippen LogP contribution in [0.25, 0.3) is 66.6 Å². The van der Waals surface area contributed by atoms with Crippen LogP contribution in [0.2, 0.25) is 0 Å². The van der Waals surface area contributed by atoms with Crippen LogP contribution in [-0.2, 0) is 12.8 Å². The molecule has 5 heterocycles. The maximum Gasteiger partial charge on any atom is 0.150 e. The molecule has 0 unspecified atom stereocenters. The van der Waals surface area contributed by atoms with E-state index in [-0.39, 0.29) is 0 Å². The maximum absolute atomic E-state index is 12.0. The minimum Gasteiger partial charge on any atom is -0.354 e. The molecule has 2 aliphatic heterocycles. The molecule has 2 aliphatic rings. The zero-order chi connectivity index (χ0) is 36.8. The van der Waals surface area contributed by atoms with Crippen LogP contribution in [-0.4, -0.2) is 32.5 Å². The lowest BCUT2D eigenvalue weighted by Crippen LogP contribution is -1.91. The SMILES string of the molecule is CCC1=C(C)c2nc1cc1[nH]c(c(C)c1CC)c(-c1cccc(C=O)c1)c1nc(cc3[nH]c(c(C)c3CC)c2-c2cccc(C=O)c2)C(CC)=C1C. The number of nitrogens with zero attached hydrogens (tertiary/aromatic N) is 2. The van der Waals surface area contributed by atoms with E-state index in [4.69, 9.17) is 9.97 Å². The van der Waals surface area contributed by atoms with E-state index in [1.165, 1.54) is 22.3 Å². The molecule has 8 bridgehead atoms. The molecule has 5 aromatic rings. The van der Waals surface area contributed by atoms with Crippen LogP contribution >= 0.6 is 0 Å². The number of aromatic nitrogens is 4. The molecule has 0 spiro atoms. The largest absolute Gasteiger partial charge is 0.354 e. The highest BCUT2D eigenvalue weighted by molar-refractivity contribution is 6.04. The average Bonchev–Trinajstić information content (AvgIpc) is 3.84. The van der Waals surface area contributed by atoms with Crippen LogP contribution in [0.15, 0.2) is 60.7 Å². The van der Waals surface area contributed by atoms with Crippen LogP contribution in [0.5, 0.6) is 0 Å². The summed E-state index contributed by atoms with van der Waals surface area (Å²) in [6.07, 6.45) is 5.11. The van der Waals surface area contributed by atoms with Crippen molar-refractivity contribution in [1.29, 1.82) is 0 Å². The second-order valence-electron chi connectivity index (χ2n) is 13.9. The molecule has 0 fully saturated rings. The summed E-state index contributed by atoms with van der Waals surface area (Å²) in [6, 6.07) is 20.1. The fourth-order valence-electron chi connectivity index (χ4n) is 8.41. The highest BCUT2D eigenvalue weighted by Gasteiger charge is 2.25. The van der Waals surface area contributed by atoms with Crippen LogP contribution < -0.4 is 0 Å². The molecular weight excluding hydrogens is 641 g/mol. The fraction of sp³-hybridized carbons (Fsp3) is 0.261. The van der Waals surface area contributed by atoms with Gasteiger partial charge in [-0.2, -0.15) is 0 Å². The number of hydrogen-bond donors (Lipinski definition) is 2. The van der Waals surface area contributed by atoms with E-state index in [1.807, 2.05) is 36.4 Å². The highest BCUT2D eigenvalue weighted by atomic mass is 16.1. The van der Waals surface area contributed by atoms with E-state index in [9.17, 15) is 9.59 Å². The van der Waals surface area contributed by atoms with Gasteiger partial charge in [0.2, 0.25) is 0 Å². The van der Waals surface area contributed by atoms with Gasteiger partial charge in [0.05, 0.1) is 33.8 Å². The molecule has 0 radical (unpaired) electrons. The van der Waals surface area contributed by atoms with Gasteiger partial charge in [0, 0.05) is 33.3 Å². The van der Waals surface area contributed by atoms with Gasteiger partial charge in [0.15, 0.2) is 0 Å².